The summed E-state index contributed by atoms with van der Waals surface area (Å²) in [5, 5.41) is 0. The molecule has 0 heterocycles. The van der Waals surface area contributed by atoms with E-state index in [0.29, 0.717) is 0 Å². The van der Waals surface area contributed by atoms with Crippen LogP contribution in [-0.2, 0) is 0 Å². The van der Waals surface area contributed by atoms with E-state index in [2.05, 4.69) is 27.7 Å². The van der Waals surface area contributed by atoms with Gasteiger partial charge in [-0.3, -0.25) is 0 Å². The molecule has 0 aromatic rings. The highest BCUT2D eigenvalue weighted by molar-refractivity contribution is 5.59. The van der Waals surface area contributed by atoms with Crippen LogP contribution in [0.3, 0.4) is 0 Å². The summed E-state index contributed by atoms with van der Waals surface area (Å²) in [7, 11) is 0. The van der Waals surface area contributed by atoms with Gasteiger partial charge in [0.25, 0.3) is 0 Å². The molecule has 6 fully saturated rings. The maximum absolute atomic E-state index is 2.68. The van der Waals surface area contributed by atoms with E-state index in [1.807, 2.05) is 0 Å². The molecule has 0 saturated heterocycles. The van der Waals surface area contributed by atoms with Gasteiger partial charge in [0, 0.05) is 0 Å². The minimum atomic E-state index is 0.759. The Bertz CT molecular complexity index is 522. The summed E-state index contributed by atoms with van der Waals surface area (Å²) in [6, 6.07) is 0. The van der Waals surface area contributed by atoms with Gasteiger partial charge in [0.1, 0.15) is 0 Å². The maximum atomic E-state index is 2.68. The fraction of sp³-hybridized carbons (Fsp3) is 1.00. The first-order chi connectivity index (χ1) is 8.41. The molecular formula is C18H26. The lowest BCUT2D eigenvalue weighted by Crippen LogP contribution is -2.61. The second-order valence-corrected chi connectivity index (χ2v) is 9.87. The molecule has 6 rings (SSSR count). The highest BCUT2D eigenvalue weighted by Crippen LogP contribution is 3.17. The lowest BCUT2D eigenvalue weighted by atomic mass is 9.38. The van der Waals surface area contributed by atoms with E-state index in [-0.39, 0.29) is 0 Å². The highest BCUT2D eigenvalue weighted by atomic mass is 15.2. The zero-order valence-corrected chi connectivity index (χ0v) is 12.3. The maximum Gasteiger partial charge on any atom is -0.00771 e. The largest absolute Gasteiger partial charge is 0.0622 e. The molecule has 6 aliphatic rings. The van der Waals surface area contributed by atoms with Crippen molar-refractivity contribution in [2.24, 2.45) is 50.7 Å². The Balaban J connectivity index is 1.67. The molecule has 0 aliphatic heterocycles. The second-order valence-electron chi connectivity index (χ2n) is 9.87. The minimum Gasteiger partial charge on any atom is -0.0622 e. The average molecular weight is 242 g/mol. The summed E-state index contributed by atoms with van der Waals surface area (Å²) >= 11 is 0. The Morgan fingerprint density at radius 3 is 2.61 bits per heavy atom. The highest BCUT2D eigenvalue weighted by Gasteiger charge is 3.12. The first kappa shape index (κ1) is 9.83. The van der Waals surface area contributed by atoms with Gasteiger partial charge in [-0.2, -0.15) is 0 Å². The van der Waals surface area contributed by atoms with E-state index in [0.717, 1.165) is 50.7 Å². The van der Waals surface area contributed by atoms with Crippen molar-refractivity contribution in [1.29, 1.82) is 0 Å². The van der Waals surface area contributed by atoms with Gasteiger partial charge in [-0.15, -0.1) is 0 Å². The van der Waals surface area contributed by atoms with Crippen LogP contribution in [0.1, 0.15) is 59.8 Å². The van der Waals surface area contributed by atoms with Crippen LogP contribution < -0.4 is 0 Å². The molecule has 0 bridgehead atoms. The topological polar surface area (TPSA) is 0 Å². The Hall–Kier alpha value is 0. The third-order valence-electron chi connectivity index (χ3n) is 10.3. The van der Waals surface area contributed by atoms with Crippen LogP contribution in [0.2, 0.25) is 0 Å². The zero-order chi connectivity index (χ0) is 12.3. The molecule has 0 heteroatoms. The quantitative estimate of drug-likeness (QED) is 0.587. The molecule has 9 atom stereocenters. The van der Waals surface area contributed by atoms with Gasteiger partial charge >= 0.3 is 0 Å². The number of rotatable bonds is 0. The Morgan fingerprint density at radius 1 is 1.06 bits per heavy atom. The van der Waals surface area contributed by atoms with Crippen molar-refractivity contribution in [2.75, 3.05) is 0 Å². The molecule has 98 valence electrons. The molecule has 6 saturated carbocycles. The van der Waals surface area contributed by atoms with Crippen molar-refractivity contribution in [3.63, 3.8) is 0 Å². The summed E-state index contributed by atoms with van der Waals surface area (Å²) in [4.78, 5) is 0. The molecule has 0 nitrogen and oxygen atoms in total. The third-order valence-corrected chi connectivity index (χ3v) is 10.3. The summed E-state index contributed by atoms with van der Waals surface area (Å²) in [6.45, 7) is 10.6. The van der Waals surface area contributed by atoms with Gasteiger partial charge in [0.15, 0.2) is 0 Å². The van der Waals surface area contributed by atoms with Crippen LogP contribution in [0.5, 0.6) is 0 Å². The lowest BCUT2D eigenvalue weighted by Gasteiger charge is -2.66. The van der Waals surface area contributed by atoms with Crippen LogP contribution in [0.15, 0.2) is 0 Å². The summed E-state index contributed by atoms with van der Waals surface area (Å²) in [5.74, 6) is 4.35. The van der Waals surface area contributed by atoms with E-state index in [1.54, 1.807) is 32.1 Å². The van der Waals surface area contributed by atoms with Gasteiger partial charge in [-0.1, -0.05) is 27.7 Å². The summed E-state index contributed by atoms with van der Waals surface area (Å²) in [5.41, 5.74) is 4.15. The fourth-order valence-corrected chi connectivity index (χ4v) is 10.7. The van der Waals surface area contributed by atoms with Crippen molar-refractivity contribution in [3.05, 3.63) is 0 Å². The van der Waals surface area contributed by atoms with Gasteiger partial charge < -0.3 is 0 Å². The van der Waals surface area contributed by atoms with Gasteiger partial charge in [-0.25, -0.2) is 0 Å². The minimum absolute atomic E-state index is 0.759. The zero-order valence-electron chi connectivity index (χ0n) is 12.3. The summed E-state index contributed by atoms with van der Waals surface area (Å²) < 4.78 is 0. The molecule has 6 unspecified atom stereocenters. The Kier molecular flexibility index (Phi) is 1.08. The SMILES string of the molecule is CC1CC23CC4(C)[C@H](C)[C@@]25C[C@@]2(C)CCC1C2C435. The van der Waals surface area contributed by atoms with Crippen molar-refractivity contribution in [3.8, 4) is 0 Å². The van der Waals surface area contributed by atoms with Crippen molar-refractivity contribution in [2.45, 2.75) is 59.8 Å². The Labute approximate surface area is 111 Å². The molecule has 0 radical (unpaired) electrons. The van der Waals surface area contributed by atoms with Crippen LogP contribution in [0.25, 0.3) is 0 Å². The monoisotopic (exact) mass is 242 g/mol. The van der Waals surface area contributed by atoms with E-state index in [9.17, 15) is 0 Å². The van der Waals surface area contributed by atoms with Crippen molar-refractivity contribution in [1.82, 2.24) is 0 Å². The second kappa shape index (κ2) is 1.97. The van der Waals surface area contributed by atoms with Crippen LogP contribution in [0, 0.1) is 50.7 Å². The Morgan fingerprint density at radius 2 is 1.83 bits per heavy atom. The van der Waals surface area contributed by atoms with Crippen molar-refractivity contribution < 1.29 is 0 Å². The molecule has 1 spiro atoms. The standard InChI is InChI=1S/C18H26/c1-10-7-16-9-15(4)11(2)17(16)8-14(3)6-5-12(10)13(14)18(15,16)17/h10-13H,5-9H2,1-4H3/t10?,11-,12?,13?,14+,15?,16?,17-,18?/m0/s1. The predicted molar refractivity (Wildman–Crippen MR) is 71.9 cm³/mol. The van der Waals surface area contributed by atoms with Crippen molar-refractivity contribution >= 4 is 0 Å². The van der Waals surface area contributed by atoms with Crippen LogP contribution >= 0.6 is 0 Å². The molecular weight excluding hydrogens is 216 g/mol. The molecule has 0 aromatic carbocycles. The van der Waals surface area contributed by atoms with E-state index >= 15 is 0 Å². The molecule has 0 aromatic heterocycles. The van der Waals surface area contributed by atoms with Gasteiger partial charge in [0.05, 0.1) is 0 Å². The lowest BCUT2D eigenvalue weighted by molar-refractivity contribution is -0.188. The summed E-state index contributed by atoms with van der Waals surface area (Å²) in [6.07, 6.45) is 8.00. The molecule has 18 heavy (non-hydrogen) atoms. The molecule has 6 aliphatic carbocycles. The smallest absolute Gasteiger partial charge is 0.00771 e. The number of hydrogen-bond acceptors (Lipinski definition) is 0. The molecule has 0 amide bonds. The van der Waals surface area contributed by atoms with E-state index in [4.69, 9.17) is 0 Å². The van der Waals surface area contributed by atoms with E-state index < -0.39 is 0 Å². The van der Waals surface area contributed by atoms with Crippen LogP contribution in [-0.4, -0.2) is 0 Å². The first-order valence-corrected chi connectivity index (χ1v) is 8.41. The van der Waals surface area contributed by atoms with Gasteiger partial charge in [-0.05, 0) is 82.9 Å². The van der Waals surface area contributed by atoms with E-state index in [1.165, 1.54) is 0 Å². The predicted octanol–water partition coefficient (Wildman–Crippen LogP) is 4.49. The average Bonchev–Trinajstić information content (AvgIpc) is 2.64. The molecule has 0 N–H and O–H groups in total. The number of hydrogen-bond donors (Lipinski definition) is 0. The normalized spacial score (nSPS) is 84.7. The van der Waals surface area contributed by atoms with Crippen LogP contribution in [0.4, 0.5) is 0 Å². The van der Waals surface area contributed by atoms with Gasteiger partial charge in [0.2, 0.25) is 0 Å². The first-order valence-electron chi connectivity index (χ1n) is 8.41. The third kappa shape index (κ3) is 0.454. The fourth-order valence-electron chi connectivity index (χ4n) is 10.7.